The third-order valence-electron chi connectivity index (χ3n) is 4.61. The van der Waals surface area contributed by atoms with Gasteiger partial charge in [0.25, 0.3) is 0 Å². The normalized spacial score (nSPS) is 17.6. The molecule has 0 amide bonds. The summed E-state index contributed by atoms with van der Waals surface area (Å²) in [7, 11) is 1.31. The number of hydrogen-bond donors (Lipinski definition) is 0. The number of carbonyl (C=O) groups excluding carboxylic acids is 2. The van der Waals surface area contributed by atoms with Crippen LogP contribution in [0.1, 0.15) is 24.0 Å². The zero-order valence-electron chi connectivity index (χ0n) is 14.8. The number of carbonyl (C=O) groups is 2. The highest BCUT2D eigenvalue weighted by Gasteiger charge is 2.40. The van der Waals surface area contributed by atoms with Crippen LogP contribution < -0.4 is 0 Å². The lowest BCUT2D eigenvalue weighted by Gasteiger charge is -2.25. The van der Waals surface area contributed by atoms with Crippen molar-refractivity contribution in [1.82, 2.24) is 0 Å². The largest absolute Gasteiger partial charge is 0.466 e. The molecule has 2 aromatic rings. The number of ether oxygens (including phenoxy) is 2. The molecule has 1 aliphatic heterocycles. The van der Waals surface area contributed by atoms with Gasteiger partial charge in [0.2, 0.25) is 0 Å². The van der Waals surface area contributed by atoms with Crippen LogP contribution in [-0.2, 0) is 19.1 Å². The Kier molecular flexibility index (Phi) is 5.03. The molecule has 26 heavy (non-hydrogen) atoms. The van der Waals surface area contributed by atoms with E-state index in [2.05, 4.69) is 6.58 Å². The number of methoxy groups -OCH3 is 1. The van der Waals surface area contributed by atoms with Crippen LogP contribution in [0.2, 0.25) is 0 Å². The minimum Gasteiger partial charge on any atom is -0.466 e. The summed E-state index contributed by atoms with van der Waals surface area (Å²) in [6, 6.07) is 18.8. The Bertz CT molecular complexity index is 866. The smallest absolute Gasteiger partial charge is 0.339 e. The molecule has 0 N–H and O–H groups in total. The van der Waals surface area contributed by atoms with Gasteiger partial charge in [0.15, 0.2) is 0 Å². The molecule has 0 saturated carbocycles. The monoisotopic (exact) mass is 348 g/mol. The van der Waals surface area contributed by atoms with Crippen LogP contribution in [0.3, 0.4) is 0 Å². The van der Waals surface area contributed by atoms with E-state index in [9.17, 15) is 9.59 Å². The summed E-state index contributed by atoms with van der Waals surface area (Å²) in [5, 5.41) is 0. The van der Waals surface area contributed by atoms with Crippen molar-refractivity contribution in [2.45, 2.75) is 18.9 Å². The molecule has 4 heteroatoms. The Morgan fingerprint density at radius 2 is 1.65 bits per heavy atom. The Hall–Kier alpha value is -3.14. The van der Waals surface area contributed by atoms with E-state index in [0.29, 0.717) is 5.57 Å². The molecular formula is C22H20O4. The standard InChI is InChI=1S/C22H20O4/c1-14-19(17-12-8-5-9-13-17)22(24)26-20(14)18(15(2)21(23)25-3)16-10-6-4-7-11-16/h4-13,18,20H,2H2,1,3H3/t18-,20-/m0/s1. The first kappa shape index (κ1) is 17.7. The van der Waals surface area contributed by atoms with Gasteiger partial charge in [-0.1, -0.05) is 67.2 Å². The van der Waals surface area contributed by atoms with Crippen molar-refractivity contribution in [3.63, 3.8) is 0 Å². The Morgan fingerprint density at radius 1 is 1.08 bits per heavy atom. The van der Waals surface area contributed by atoms with Gasteiger partial charge in [0.05, 0.1) is 18.6 Å². The van der Waals surface area contributed by atoms with Gasteiger partial charge in [-0.2, -0.15) is 0 Å². The van der Waals surface area contributed by atoms with Crippen molar-refractivity contribution >= 4 is 17.5 Å². The fraction of sp³-hybridized carbons (Fsp3) is 0.182. The van der Waals surface area contributed by atoms with E-state index in [1.54, 1.807) is 0 Å². The zero-order chi connectivity index (χ0) is 18.7. The van der Waals surface area contributed by atoms with Crippen molar-refractivity contribution in [2.24, 2.45) is 0 Å². The molecule has 0 spiro atoms. The average Bonchev–Trinajstić information content (AvgIpc) is 2.96. The summed E-state index contributed by atoms with van der Waals surface area (Å²) < 4.78 is 10.5. The molecule has 132 valence electrons. The maximum atomic E-state index is 12.6. The minimum absolute atomic E-state index is 0.255. The lowest BCUT2D eigenvalue weighted by atomic mass is 9.83. The van der Waals surface area contributed by atoms with Gasteiger partial charge in [-0.25, -0.2) is 9.59 Å². The highest BCUT2D eigenvalue weighted by molar-refractivity contribution is 6.19. The highest BCUT2D eigenvalue weighted by atomic mass is 16.6. The van der Waals surface area contributed by atoms with E-state index >= 15 is 0 Å². The summed E-state index contributed by atoms with van der Waals surface area (Å²) in [5.41, 5.74) is 3.21. The molecule has 3 rings (SSSR count). The summed E-state index contributed by atoms with van der Waals surface area (Å²) in [4.78, 5) is 24.7. The minimum atomic E-state index is -0.605. The van der Waals surface area contributed by atoms with Crippen LogP contribution in [0.4, 0.5) is 0 Å². The van der Waals surface area contributed by atoms with Gasteiger partial charge < -0.3 is 9.47 Å². The fourth-order valence-corrected chi connectivity index (χ4v) is 3.31. The molecule has 4 nitrogen and oxygen atoms in total. The molecule has 2 atom stereocenters. The highest BCUT2D eigenvalue weighted by Crippen LogP contribution is 2.40. The first-order chi connectivity index (χ1) is 12.5. The number of benzene rings is 2. The quantitative estimate of drug-likeness (QED) is 0.607. The second kappa shape index (κ2) is 7.40. The van der Waals surface area contributed by atoms with Crippen LogP contribution in [0.25, 0.3) is 5.57 Å². The number of cyclic esters (lactones) is 1. The first-order valence-electron chi connectivity index (χ1n) is 8.33. The zero-order valence-corrected chi connectivity index (χ0v) is 14.8. The van der Waals surface area contributed by atoms with Gasteiger partial charge in [-0.05, 0) is 23.6 Å². The Morgan fingerprint density at radius 3 is 2.23 bits per heavy atom. The molecule has 0 radical (unpaired) electrons. The lowest BCUT2D eigenvalue weighted by Crippen LogP contribution is -2.26. The lowest BCUT2D eigenvalue weighted by molar-refractivity contribution is -0.141. The van der Waals surface area contributed by atoms with Crippen molar-refractivity contribution in [3.05, 3.63) is 89.5 Å². The molecular weight excluding hydrogens is 328 g/mol. The van der Waals surface area contributed by atoms with Crippen LogP contribution in [-0.4, -0.2) is 25.2 Å². The second-order valence-corrected chi connectivity index (χ2v) is 6.16. The molecule has 2 aromatic carbocycles. The SMILES string of the molecule is C=C(C(=O)OC)[C@@H](c1ccccc1)[C@H]1OC(=O)C(c2ccccc2)=C1C. The predicted molar refractivity (Wildman–Crippen MR) is 99.3 cm³/mol. The van der Waals surface area contributed by atoms with Gasteiger partial charge in [-0.15, -0.1) is 0 Å². The maximum Gasteiger partial charge on any atom is 0.339 e. The second-order valence-electron chi connectivity index (χ2n) is 6.16. The van der Waals surface area contributed by atoms with E-state index in [1.165, 1.54) is 7.11 Å². The topological polar surface area (TPSA) is 52.6 Å². The molecule has 0 aliphatic carbocycles. The molecule has 1 aliphatic rings. The summed E-state index contributed by atoms with van der Waals surface area (Å²) in [6.45, 7) is 5.78. The van der Waals surface area contributed by atoms with Crippen LogP contribution in [0.5, 0.6) is 0 Å². The molecule has 0 aromatic heterocycles. The summed E-state index contributed by atoms with van der Waals surface area (Å²) >= 11 is 0. The fourth-order valence-electron chi connectivity index (χ4n) is 3.31. The predicted octanol–water partition coefficient (Wildman–Crippen LogP) is 3.90. The van der Waals surface area contributed by atoms with E-state index in [4.69, 9.17) is 9.47 Å². The molecule has 0 fully saturated rings. The van der Waals surface area contributed by atoms with Gasteiger partial charge in [-0.3, -0.25) is 0 Å². The number of hydrogen-bond acceptors (Lipinski definition) is 4. The molecule has 1 heterocycles. The van der Waals surface area contributed by atoms with E-state index in [-0.39, 0.29) is 5.57 Å². The summed E-state index contributed by atoms with van der Waals surface area (Å²) in [5.74, 6) is -1.41. The third-order valence-corrected chi connectivity index (χ3v) is 4.61. The van der Waals surface area contributed by atoms with Gasteiger partial charge >= 0.3 is 11.9 Å². The average molecular weight is 348 g/mol. The van der Waals surface area contributed by atoms with E-state index < -0.39 is 24.0 Å². The first-order valence-corrected chi connectivity index (χ1v) is 8.33. The van der Waals surface area contributed by atoms with Crippen LogP contribution >= 0.6 is 0 Å². The van der Waals surface area contributed by atoms with Crippen molar-refractivity contribution < 1.29 is 19.1 Å². The van der Waals surface area contributed by atoms with Crippen molar-refractivity contribution in [2.75, 3.05) is 7.11 Å². The molecule has 0 unspecified atom stereocenters. The van der Waals surface area contributed by atoms with Crippen molar-refractivity contribution in [3.8, 4) is 0 Å². The van der Waals surface area contributed by atoms with Crippen molar-refractivity contribution in [1.29, 1.82) is 0 Å². The Labute approximate surface area is 152 Å². The van der Waals surface area contributed by atoms with Gasteiger partial charge in [0, 0.05) is 5.57 Å². The summed E-state index contributed by atoms with van der Waals surface area (Å²) in [6.07, 6.45) is -0.605. The maximum absolute atomic E-state index is 12.6. The van der Waals surface area contributed by atoms with Crippen LogP contribution in [0, 0.1) is 0 Å². The van der Waals surface area contributed by atoms with Crippen LogP contribution in [0.15, 0.2) is 78.4 Å². The molecule has 0 saturated heterocycles. The third kappa shape index (κ3) is 3.18. The van der Waals surface area contributed by atoms with E-state index in [1.807, 2.05) is 67.6 Å². The number of esters is 2. The Balaban J connectivity index is 2.08. The number of rotatable bonds is 5. The van der Waals surface area contributed by atoms with E-state index in [0.717, 1.165) is 16.7 Å². The van der Waals surface area contributed by atoms with Gasteiger partial charge in [0.1, 0.15) is 6.10 Å². The molecule has 0 bridgehead atoms.